The number of furan rings is 1. The Morgan fingerprint density at radius 3 is 2.69 bits per heavy atom. The van der Waals surface area contributed by atoms with Crippen LogP contribution in [0.4, 0.5) is 0 Å². The van der Waals surface area contributed by atoms with E-state index in [4.69, 9.17) is 15.3 Å². The number of amides is 1. The molecule has 0 atom stereocenters. The molecule has 0 radical (unpaired) electrons. The largest absolute Gasteiger partial charge is 0.462 e. The highest BCUT2D eigenvalue weighted by Gasteiger charge is 2.30. The van der Waals surface area contributed by atoms with Gasteiger partial charge in [0, 0.05) is 6.04 Å². The van der Waals surface area contributed by atoms with Crippen molar-refractivity contribution in [2.45, 2.75) is 32.0 Å². The van der Waals surface area contributed by atoms with E-state index in [-0.39, 0.29) is 19.1 Å². The number of carbonyl (C=O) groups is 1. The van der Waals surface area contributed by atoms with E-state index in [0.717, 1.165) is 18.6 Å². The first-order chi connectivity index (χ1) is 7.69. The van der Waals surface area contributed by atoms with Crippen molar-refractivity contribution in [2.75, 3.05) is 6.54 Å². The quantitative estimate of drug-likeness (QED) is 0.724. The lowest BCUT2D eigenvalue weighted by atomic mass is 10.3. The molecule has 16 heavy (non-hydrogen) atoms. The highest BCUT2D eigenvalue weighted by Crippen LogP contribution is 2.28. The number of primary amides is 1. The minimum absolute atomic E-state index is 0.0980. The van der Waals surface area contributed by atoms with Crippen LogP contribution in [0.2, 0.25) is 0 Å². The number of nitrogens with two attached hydrogens (primary N) is 1. The number of carbonyl (C=O) groups excluding carboxylic acids is 1. The van der Waals surface area contributed by atoms with Gasteiger partial charge < -0.3 is 15.3 Å². The molecule has 0 aliphatic heterocycles. The SMILES string of the molecule is NC(=O)CN(Cc1ccc(CO)o1)C1CC1. The molecule has 1 aliphatic rings. The van der Waals surface area contributed by atoms with Gasteiger partial charge >= 0.3 is 0 Å². The number of hydrogen-bond donors (Lipinski definition) is 2. The van der Waals surface area contributed by atoms with Gasteiger partial charge in [-0.3, -0.25) is 9.69 Å². The molecule has 1 aromatic rings. The van der Waals surface area contributed by atoms with Gasteiger partial charge in [-0.1, -0.05) is 0 Å². The Balaban J connectivity index is 1.96. The van der Waals surface area contributed by atoms with Crippen molar-refractivity contribution in [3.05, 3.63) is 23.7 Å². The second-order valence-electron chi connectivity index (χ2n) is 4.13. The highest BCUT2D eigenvalue weighted by atomic mass is 16.4. The maximum Gasteiger partial charge on any atom is 0.231 e. The van der Waals surface area contributed by atoms with Gasteiger partial charge in [0.1, 0.15) is 18.1 Å². The summed E-state index contributed by atoms with van der Waals surface area (Å²) in [6.07, 6.45) is 2.22. The lowest BCUT2D eigenvalue weighted by Gasteiger charge is -2.18. The third kappa shape index (κ3) is 2.84. The van der Waals surface area contributed by atoms with Gasteiger partial charge in [0.05, 0.1) is 13.1 Å². The summed E-state index contributed by atoms with van der Waals surface area (Å²) in [6.45, 7) is 0.743. The third-order valence-corrected chi connectivity index (χ3v) is 2.65. The normalized spacial score (nSPS) is 15.6. The molecule has 0 aromatic carbocycles. The molecule has 88 valence electrons. The molecule has 3 N–H and O–H groups in total. The maximum atomic E-state index is 10.9. The first kappa shape index (κ1) is 11.2. The number of aliphatic hydroxyl groups is 1. The number of hydrogen-bond acceptors (Lipinski definition) is 4. The molecule has 1 amide bonds. The van der Waals surface area contributed by atoms with Crippen LogP contribution in [0.3, 0.4) is 0 Å². The van der Waals surface area contributed by atoms with Gasteiger partial charge in [-0.05, 0) is 25.0 Å². The van der Waals surface area contributed by atoms with E-state index in [2.05, 4.69) is 0 Å². The van der Waals surface area contributed by atoms with Gasteiger partial charge in [-0.2, -0.15) is 0 Å². The summed E-state index contributed by atoms with van der Waals surface area (Å²) in [5.41, 5.74) is 5.19. The average Bonchev–Trinajstić information content (AvgIpc) is 2.98. The van der Waals surface area contributed by atoms with Crippen molar-refractivity contribution >= 4 is 5.91 Å². The summed E-state index contributed by atoms with van der Waals surface area (Å²) in [5.74, 6) is 0.989. The van der Waals surface area contributed by atoms with Crippen molar-refractivity contribution in [1.29, 1.82) is 0 Å². The predicted octanol–water partition coefficient (Wildman–Crippen LogP) is 0.222. The lowest BCUT2D eigenvalue weighted by Crippen LogP contribution is -2.34. The van der Waals surface area contributed by atoms with Crippen LogP contribution in [0.15, 0.2) is 16.5 Å². The summed E-state index contributed by atoms with van der Waals surface area (Å²) >= 11 is 0. The van der Waals surface area contributed by atoms with E-state index in [9.17, 15) is 4.79 Å². The lowest BCUT2D eigenvalue weighted by molar-refractivity contribution is -0.119. The number of nitrogens with zero attached hydrogens (tertiary/aromatic N) is 1. The van der Waals surface area contributed by atoms with Crippen LogP contribution in [0, 0.1) is 0 Å². The Morgan fingerprint density at radius 1 is 1.50 bits per heavy atom. The van der Waals surface area contributed by atoms with Crippen molar-refractivity contribution in [1.82, 2.24) is 4.90 Å². The molecule has 5 nitrogen and oxygen atoms in total. The fourth-order valence-electron chi connectivity index (χ4n) is 1.75. The average molecular weight is 224 g/mol. The zero-order chi connectivity index (χ0) is 11.5. The predicted molar refractivity (Wildman–Crippen MR) is 57.3 cm³/mol. The summed E-state index contributed by atoms with van der Waals surface area (Å²) in [7, 11) is 0. The fraction of sp³-hybridized carbons (Fsp3) is 0.545. The van der Waals surface area contributed by atoms with E-state index in [0.29, 0.717) is 18.3 Å². The molecule has 0 unspecified atom stereocenters. The van der Waals surface area contributed by atoms with Gasteiger partial charge in [-0.15, -0.1) is 0 Å². The molecule has 1 fully saturated rings. The van der Waals surface area contributed by atoms with E-state index < -0.39 is 0 Å². The van der Waals surface area contributed by atoms with E-state index in [1.807, 2.05) is 11.0 Å². The molecule has 0 bridgehead atoms. The first-order valence-corrected chi connectivity index (χ1v) is 5.40. The standard InChI is InChI=1S/C11H16N2O3/c12-11(15)6-13(8-1-2-8)5-9-3-4-10(7-14)16-9/h3-4,8,14H,1-2,5-7H2,(H2,12,15). The molecule has 1 aliphatic carbocycles. The van der Waals surface area contributed by atoms with Crippen LogP contribution in [-0.2, 0) is 17.9 Å². The fourth-order valence-corrected chi connectivity index (χ4v) is 1.75. The minimum atomic E-state index is -0.319. The molecule has 0 saturated heterocycles. The van der Waals surface area contributed by atoms with Gasteiger partial charge in [0.25, 0.3) is 0 Å². The molecule has 2 rings (SSSR count). The monoisotopic (exact) mass is 224 g/mol. The van der Waals surface area contributed by atoms with Gasteiger partial charge in [-0.25, -0.2) is 0 Å². The molecule has 1 heterocycles. The summed E-state index contributed by atoms with van der Waals surface area (Å²) < 4.78 is 5.38. The van der Waals surface area contributed by atoms with E-state index >= 15 is 0 Å². The summed E-state index contributed by atoms with van der Waals surface area (Å²) in [5, 5.41) is 8.87. The second-order valence-corrected chi connectivity index (χ2v) is 4.13. The molecular weight excluding hydrogens is 208 g/mol. The Morgan fingerprint density at radius 2 is 2.19 bits per heavy atom. The van der Waals surface area contributed by atoms with Crippen LogP contribution < -0.4 is 5.73 Å². The minimum Gasteiger partial charge on any atom is -0.462 e. The molecule has 1 saturated carbocycles. The maximum absolute atomic E-state index is 10.9. The summed E-state index contributed by atoms with van der Waals surface area (Å²) in [6, 6.07) is 4.02. The first-order valence-electron chi connectivity index (χ1n) is 5.40. The highest BCUT2D eigenvalue weighted by molar-refractivity contribution is 5.76. The van der Waals surface area contributed by atoms with Crippen LogP contribution >= 0.6 is 0 Å². The Labute approximate surface area is 93.8 Å². The van der Waals surface area contributed by atoms with Gasteiger partial charge in [0.15, 0.2) is 0 Å². The van der Waals surface area contributed by atoms with Crippen molar-refractivity contribution in [3.63, 3.8) is 0 Å². The third-order valence-electron chi connectivity index (χ3n) is 2.65. The summed E-state index contributed by atoms with van der Waals surface area (Å²) in [4.78, 5) is 12.9. The Bertz CT molecular complexity index is 371. The van der Waals surface area contributed by atoms with E-state index in [1.165, 1.54) is 0 Å². The molecule has 5 heteroatoms. The molecular formula is C11H16N2O3. The van der Waals surface area contributed by atoms with E-state index in [1.54, 1.807) is 6.07 Å². The molecule has 1 aromatic heterocycles. The number of rotatable bonds is 6. The van der Waals surface area contributed by atoms with Crippen LogP contribution in [0.1, 0.15) is 24.4 Å². The van der Waals surface area contributed by atoms with Crippen molar-refractivity contribution < 1.29 is 14.3 Å². The van der Waals surface area contributed by atoms with Crippen LogP contribution in [0.5, 0.6) is 0 Å². The zero-order valence-electron chi connectivity index (χ0n) is 9.06. The Kier molecular flexibility index (Phi) is 3.26. The van der Waals surface area contributed by atoms with Gasteiger partial charge in [0.2, 0.25) is 5.91 Å². The smallest absolute Gasteiger partial charge is 0.231 e. The second kappa shape index (κ2) is 4.67. The molecule has 0 spiro atoms. The van der Waals surface area contributed by atoms with Crippen molar-refractivity contribution in [3.8, 4) is 0 Å². The zero-order valence-corrected chi connectivity index (χ0v) is 9.06. The van der Waals surface area contributed by atoms with Crippen molar-refractivity contribution in [2.24, 2.45) is 5.73 Å². The topological polar surface area (TPSA) is 79.7 Å². The number of aliphatic hydroxyl groups excluding tert-OH is 1. The van der Waals surface area contributed by atoms with Crippen LogP contribution in [0.25, 0.3) is 0 Å². The van der Waals surface area contributed by atoms with Crippen LogP contribution in [-0.4, -0.2) is 28.5 Å². The Hall–Kier alpha value is -1.33.